The molecular weight excluding hydrogens is 445 g/mol. The van der Waals surface area contributed by atoms with Crippen molar-refractivity contribution in [2.45, 2.75) is 24.3 Å². The zero-order valence-corrected chi connectivity index (χ0v) is 18.3. The minimum atomic E-state index is -0.308. The van der Waals surface area contributed by atoms with Crippen LogP contribution in [0.1, 0.15) is 27.5 Å². The number of para-hydroxylation sites is 1. The van der Waals surface area contributed by atoms with E-state index in [9.17, 15) is 4.79 Å². The summed E-state index contributed by atoms with van der Waals surface area (Å²) in [5.74, 6) is 0.516. The molecule has 2 aromatic heterocycles. The molecule has 0 saturated heterocycles. The number of carbonyl (C=O) groups is 1. The molecule has 0 spiro atoms. The first-order chi connectivity index (χ1) is 14.5. The van der Waals surface area contributed by atoms with Crippen molar-refractivity contribution in [3.05, 3.63) is 75.4 Å². The van der Waals surface area contributed by atoms with E-state index in [0.29, 0.717) is 39.9 Å². The van der Waals surface area contributed by atoms with Crippen molar-refractivity contribution in [3.63, 3.8) is 0 Å². The normalized spacial score (nSPS) is 11.2. The van der Waals surface area contributed by atoms with Crippen molar-refractivity contribution in [2.75, 3.05) is 6.54 Å². The third kappa shape index (κ3) is 4.80. The first-order valence-electron chi connectivity index (χ1n) is 9.15. The Bertz CT molecular complexity index is 1210. The smallest absolute Gasteiger partial charge is 0.273 e. The molecule has 154 valence electrons. The van der Waals surface area contributed by atoms with Gasteiger partial charge in [-0.15, -0.1) is 0 Å². The van der Waals surface area contributed by atoms with Crippen LogP contribution >= 0.6 is 35.0 Å². The Balaban J connectivity index is 1.30. The van der Waals surface area contributed by atoms with E-state index in [-0.39, 0.29) is 11.6 Å². The fraction of sp³-hybridized carbons (Fsp3) is 0.190. The van der Waals surface area contributed by atoms with E-state index in [1.807, 2.05) is 31.2 Å². The van der Waals surface area contributed by atoms with Crippen molar-refractivity contribution in [1.29, 1.82) is 0 Å². The largest absolute Gasteiger partial charge is 0.447 e. The number of fused-ring (bicyclic) bond motifs is 1. The highest BCUT2D eigenvalue weighted by molar-refractivity contribution is 7.98. The van der Waals surface area contributed by atoms with Crippen LogP contribution in [0, 0.1) is 6.92 Å². The summed E-state index contributed by atoms with van der Waals surface area (Å²) >= 11 is 13.4. The number of rotatable bonds is 7. The maximum atomic E-state index is 12.3. The highest BCUT2D eigenvalue weighted by Crippen LogP contribution is 2.27. The number of aromatic nitrogens is 2. The van der Waals surface area contributed by atoms with Gasteiger partial charge in [-0.3, -0.25) is 4.79 Å². The molecule has 9 heteroatoms. The maximum Gasteiger partial charge on any atom is 0.273 e. The van der Waals surface area contributed by atoms with Gasteiger partial charge in [0.2, 0.25) is 5.89 Å². The number of hydrogen-bond acceptors (Lipinski definition) is 6. The van der Waals surface area contributed by atoms with Crippen LogP contribution < -0.4 is 5.32 Å². The molecule has 0 radical (unpaired) electrons. The number of aryl methyl sites for hydroxylation is 1. The number of nitrogens with zero attached hydrogens (tertiary/aromatic N) is 2. The van der Waals surface area contributed by atoms with Crippen molar-refractivity contribution in [2.24, 2.45) is 0 Å². The highest BCUT2D eigenvalue weighted by Gasteiger charge is 2.14. The molecular formula is C21H17Cl2N3O3S. The summed E-state index contributed by atoms with van der Waals surface area (Å²) in [6.45, 7) is 2.40. The van der Waals surface area contributed by atoms with E-state index in [1.54, 1.807) is 12.1 Å². The molecule has 0 aliphatic heterocycles. The summed E-state index contributed by atoms with van der Waals surface area (Å²) in [5.41, 5.74) is 3.77. The molecule has 2 heterocycles. The molecule has 0 fully saturated rings. The van der Waals surface area contributed by atoms with Gasteiger partial charge in [0.25, 0.3) is 11.1 Å². The molecule has 0 aliphatic carbocycles. The summed E-state index contributed by atoms with van der Waals surface area (Å²) in [6, 6.07) is 11.1. The first-order valence-corrected chi connectivity index (χ1v) is 10.9. The van der Waals surface area contributed by atoms with Crippen LogP contribution in [0.2, 0.25) is 10.0 Å². The topological polar surface area (TPSA) is 81.2 Å². The second-order valence-corrected chi connectivity index (χ2v) is 8.33. The third-order valence-corrected chi connectivity index (χ3v) is 5.80. The summed E-state index contributed by atoms with van der Waals surface area (Å²) < 4.78 is 11.1. The molecule has 30 heavy (non-hydrogen) atoms. The summed E-state index contributed by atoms with van der Waals surface area (Å²) in [5, 5.41) is 4.49. The van der Waals surface area contributed by atoms with Crippen molar-refractivity contribution < 1.29 is 13.6 Å². The quantitative estimate of drug-likeness (QED) is 0.355. The number of hydrogen-bond donors (Lipinski definition) is 1. The molecule has 0 unspecified atom stereocenters. The Kier molecular flexibility index (Phi) is 6.32. The molecule has 0 bridgehead atoms. The zero-order chi connectivity index (χ0) is 21.1. The van der Waals surface area contributed by atoms with Crippen LogP contribution in [0.4, 0.5) is 0 Å². The van der Waals surface area contributed by atoms with Crippen LogP contribution in [-0.2, 0) is 12.2 Å². The van der Waals surface area contributed by atoms with E-state index < -0.39 is 0 Å². The molecule has 0 aliphatic rings. The number of thioether (sulfide) groups is 1. The number of oxazole rings is 2. The van der Waals surface area contributed by atoms with Gasteiger partial charge in [0.1, 0.15) is 11.8 Å². The van der Waals surface area contributed by atoms with Gasteiger partial charge in [-0.2, -0.15) is 0 Å². The Morgan fingerprint density at radius 2 is 2.07 bits per heavy atom. The SMILES string of the molecule is Cc1cccc2oc(SCc3nc(C(=O)NCCc4ccc(Cl)cc4Cl)co3)nc12. The van der Waals surface area contributed by atoms with Gasteiger partial charge < -0.3 is 14.2 Å². The van der Waals surface area contributed by atoms with Crippen LogP contribution in [0.15, 0.2) is 56.7 Å². The third-order valence-electron chi connectivity index (χ3n) is 4.40. The minimum Gasteiger partial charge on any atom is -0.447 e. The van der Waals surface area contributed by atoms with Crippen molar-refractivity contribution in [3.8, 4) is 0 Å². The average Bonchev–Trinajstić information content (AvgIpc) is 3.35. The van der Waals surface area contributed by atoms with Crippen LogP contribution in [0.5, 0.6) is 0 Å². The fourth-order valence-electron chi connectivity index (χ4n) is 2.86. The zero-order valence-electron chi connectivity index (χ0n) is 15.9. The number of halogens is 2. The van der Waals surface area contributed by atoms with Gasteiger partial charge in [-0.1, -0.05) is 53.2 Å². The van der Waals surface area contributed by atoms with Gasteiger partial charge in [0, 0.05) is 16.6 Å². The molecule has 0 saturated carbocycles. The van der Waals surface area contributed by atoms with Gasteiger partial charge in [-0.25, -0.2) is 9.97 Å². The van der Waals surface area contributed by atoms with Crippen molar-refractivity contribution >= 4 is 52.0 Å². The first kappa shape index (κ1) is 20.8. The minimum absolute atomic E-state index is 0.223. The summed E-state index contributed by atoms with van der Waals surface area (Å²) in [4.78, 5) is 21.0. The second kappa shape index (κ2) is 9.12. The fourth-order valence-corrected chi connectivity index (χ4v) is 4.05. The summed E-state index contributed by atoms with van der Waals surface area (Å²) in [6.07, 6.45) is 1.93. The molecule has 0 atom stereocenters. The molecule has 1 amide bonds. The van der Waals surface area contributed by atoms with E-state index >= 15 is 0 Å². The van der Waals surface area contributed by atoms with Crippen LogP contribution in [-0.4, -0.2) is 22.4 Å². The van der Waals surface area contributed by atoms with E-state index in [0.717, 1.165) is 22.2 Å². The molecule has 6 nitrogen and oxygen atoms in total. The van der Waals surface area contributed by atoms with Gasteiger partial charge >= 0.3 is 0 Å². The molecule has 1 N–H and O–H groups in total. The predicted molar refractivity (Wildman–Crippen MR) is 117 cm³/mol. The number of nitrogens with one attached hydrogen (secondary N) is 1. The lowest BCUT2D eigenvalue weighted by Gasteiger charge is -2.05. The van der Waals surface area contributed by atoms with E-state index in [2.05, 4.69) is 15.3 Å². The highest BCUT2D eigenvalue weighted by atomic mass is 35.5. The molecule has 4 rings (SSSR count). The molecule has 4 aromatic rings. The average molecular weight is 462 g/mol. The lowest BCUT2D eigenvalue weighted by atomic mass is 10.1. The number of carbonyl (C=O) groups excluding carboxylic acids is 1. The van der Waals surface area contributed by atoms with Gasteiger partial charge in [-0.05, 0) is 42.7 Å². The second-order valence-electron chi connectivity index (χ2n) is 6.56. The number of amides is 1. The van der Waals surface area contributed by atoms with E-state index in [4.69, 9.17) is 32.0 Å². The predicted octanol–water partition coefficient (Wildman–Crippen LogP) is 5.70. The Morgan fingerprint density at radius 1 is 1.20 bits per heavy atom. The van der Waals surface area contributed by atoms with Crippen molar-refractivity contribution in [1.82, 2.24) is 15.3 Å². The van der Waals surface area contributed by atoms with Crippen LogP contribution in [0.3, 0.4) is 0 Å². The van der Waals surface area contributed by atoms with Gasteiger partial charge in [0.05, 0.1) is 5.75 Å². The lowest BCUT2D eigenvalue weighted by Crippen LogP contribution is -2.26. The van der Waals surface area contributed by atoms with E-state index in [1.165, 1.54) is 18.0 Å². The monoisotopic (exact) mass is 461 g/mol. The maximum absolute atomic E-state index is 12.3. The lowest BCUT2D eigenvalue weighted by molar-refractivity contribution is 0.0949. The Hall–Kier alpha value is -2.48. The summed E-state index contributed by atoms with van der Waals surface area (Å²) in [7, 11) is 0. The Morgan fingerprint density at radius 3 is 2.87 bits per heavy atom. The standard InChI is InChI=1S/C21H17Cl2N3O3S/c1-12-3-2-4-17-19(12)26-21(29-17)30-11-18-25-16(10-28-18)20(27)24-8-7-13-5-6-14(22)9-15(13)23/h2-6,9-10H,7-8,11H2,1H3,(H,24,27). The Labute approximate surface area is 187 Å². The number of benzene rings is 2. The van der Waals surface area contributed by atoms with Gasteiger partial charge in [0.15, 0.2) is 11.3 Å². The van der Waals surface area contributed by atoms with Crippen LogP contribution in [0.25, 0.3) is 11.1 Å². The molecule has 2 aromatic carbocycles.